The molecule has 0 radical (unpaired) electrons. The number of aliphatic hydroxyl groups excluding tert-OH is 1. The van der Waals surface area contributed by atoms with E-state index in [1.165, 1.54) is 12.1 Å². The molecular formula is C26H38N8O7. The van der Waals surface area contributed by atoms with Gasteiger partial charge in [-0.2, -0.15) is 0 Å². The summed E-state index contributed by atoms with van der Waals surface area (Å²) >= 11 is 0. The first-order valence-corrected chi connectivity index (χ1v) is 13.0. The van der Waals surface area contributed by atoms with E-state index in [9.17, 15) is 29.1 Å². The quantitative estimate of drug-likeness (QED) is 0.0541. The third-order valence-corrected chi connectivity index (χ3v) is 6.08. The van der Waals surface area contributed by atoms with Crippen molar-refractivity contribution >= 4 is 46.2 Å². The summed E-state index contributed by atoms with van der Waals surface area (Å²) in [6, 6.07) is 2.91. The number of aliphatic hydroxyl groups is 1. The molecule has 0 bridgehead atoms. The summed E-state index contributed by atoms with van der Waals surface area (Å²) in [4.78, 5) is 65.9. The molecule has 0 aliphatic carbocycles. The topological polar surface area (TPSA) is 257 Å². The van der Waals surface area contributed by atoms with Gasteiger partial charge >= 0.3 is 5.63 Å². The number of benzene rings is 1. The predicted octanol–water partition coefficient (Wildman–Crippen LogP) is -1.85. The van der Waals surface area contributed by atoms with E-state index in [0.29, 0.717) is 23.1 Å². The van der Waals surface area contributed by atoms with Gasteiger partial charge in [0.1, 0.15) is 17.7 Å². The van der Waals surface area contributed by atoms with Crippen LogP contribution in [-0.2, 0) is 19.2 Å². The van der Waals surface area contributed by atoms with Crippen LogP contribution in [-0.4, -0.2) is 72.5 Å². The molecule has 15 heteroatoms. The summed E-state index contributed by atoms with van der Waals surface area (Å²) < 4.78 is 5.22. The standard InChI is InChI=1S/C26H38N8O7/c1-13(2)22(27)25(40)34-18(12-35)23(38)31-11-20(36)33-17(5-4-8-30-26(28)29)24(39)32-15-6-7-16-14(3)9-21(37)41-19(16)10-15/h6-7,9-10,13,17-18,22,35H,4-5,8,11-12,27H2,1-3H3,(H,31,38)(H,32,39)(H,33,36)(H,34,40)(H4,28,29,30)/t17-,18-,22-/m0/s1. The average molecular weight is 575 g/mol. The third kappa shape index (κ3) is 10.2. The molecule has 0 aliphatic heterocycles. The minimum Gasteiger partial charge on any atom is -0.423 e. The molecule has 3 atom stereocenters. The first-order valence-electron chi connectivity index (χ1n) is 13.0. The normalized spacial score (nSPS) is 13.1. The van der Waals surface area contributed by atoms with E-state index in [2.05, 4.69) is 26.3 Å². The number of hydrogen-bond acceptors (Lipinski definition) is 9. The first kappa shape index (κ1) is 32.7. The number of nitrogens with two attached hydrogens (primary N) is 3. The lowest BCUT2D eigenvalue weighted by molar-refractivity contribution is -0.132. The number of aliphatic imine (C=N–C) groups is 1. The molecule has 41 heavy (non-hydrogen) atoms. The van der Waals surface area contributed by atoms with E-state index in [-0.39, 0.29) is 30.4 Å². The number of hydrogen-bond donors (Lipinski definition) is 8. The number of aryl methyl sites for hydroxylation is 1. The molecule has 11 N–H and O–H groups in total. The van der Waals surface area contributed by atoms with Gasteiger partial charge in [-0.15, -0.1) is 0 Å². The van der Waals surface area contributed by atoms with Crippen molar-refractivity contribution < 1.29 is 28.7 Å². The number of carbonyl (C=O) groups excluding carboxylic acids is 4. The van der Waals surface area contributed by atoms with E-state index >= 15 is 0 Å². The summed E-state index contributed by atoms with van der Waals surface area (Å²) in [5, 5.41) is 20.1. The number of nitrogens with one attached hydrogen (secondary N) is 4. The minimum absolute atomic E-state index is 0.120. The second-order valence-corrected chi connectivity index (χ2v) is 9.75. The van der Waals surface area contributed by atoms with Crippen molar-refractivity contribution in [3.8, 4) is 0 Å². The number of carbonyl (C=O) groups is 4. The van der Waals surface area contributed by atoms with E-state index in [1.807, 2.05) is 0 Å². The minimum atomic E-state index is -1.32. The molecule has 0 fully saturated rings. The van der Waals surface area contributed by atoms with Crippen LogP contribution in [0.3, 0.4) is 0 Å². The predicted molar refractivity (Wildman–Crippen MR) is 153 cm³/mol. The highest BCUT2D eigenvalue weighted by molar-refractivity contribution is 5.99. The van der Waals surface area contributed by atoms with Gasteiger partial charge in [-0.3, -0.25) is 24.2 Å². The Morgan fingerprint density at radius 3 is 2.37 bits per heavy atom. The Bertz CT molecular complexity index is 1340. The van der Waals surface area contributed by atoms with Crippen molar-refractivity contribution in [2.75, 3.05) is 25.0 Å². The van der Waals surface area contributed by atoms with Crippen LogP contribution in [0.25, 0.3) is 11.0 Å². The second-order valence-electron chi connectivity index (χ2n) is 9.75. The molecule has 0 saturated carbocycles. The number of rotatable bonds is 14. The third-order valence-electron chi connectivity index (χ3n) is 6.08. The maximum Gasteiger partial charge on any atom is 0.336 e. The summed E-state index contributed by atoms with van der Waals surface area (Å²) in [6.07, 6.45) is 0.482. The fraction of sp³-hybridized carbons (Fsp3) is 0.462. The van der Waals surface area contributed by atoms with Crippen LogP contribution >= 0.6 is 0 Å². The van der Waals surface area contributed by atoms with Gasteiger partial charge < -0.3 is 48.0 Å². The molecule has 1 aromatic heterocycles. The van der Waals surface area contributed by atoms with Crippen LogP contribution in [0, 0.1) is 12.8 Å². The number of guanidine groups is 1. The second kappa shape index (κ2) is 15.3. The molecule has 1 aromatic carbocycles. The molecule has 1 heterocycles. The van der Waals surface area contributed by atoms with Crippen molar-refractivity contribution in [1.82, 2.24) is 16.0 Å². The van der Waals surface area contributed by atoms with Crippen molar-refractivity contribution in [2.24, 2.45) is 28.1 Å². The summed E-state index contributed by atoms with van der Waals surface area (Å²) in [7, 11) is 0. The Morgan fingerprint density at radius 2 is 1.73 bits per heavy atom. The van der Waals surface area contributed by atoms with Gasteiger partial charge in [0.05, 0.1) is 19.2 Å². The Hall–Kier alpha value is -4.50. The summed E-state index contributed by atoms with van der Waals surface area (Å²) in [5.41, 5.74) is 17.2. The molecule has 0 aliphatic rings. The fourth-order valence-corrected chi connectivity index (χ4v) is 3.71. The zero-order chi connectivity index (χ0) is 30.7. The largest absolute Gasteiger partial charge is 0.423 e. The molecule has 0 unspecified atom stereocenters. The number of fused-ring (bicyclic) bond motifs is 1. The SMILES string of the molecule is Cc1cc(=O)oc2cc(NC(=O)[C@H](CCCN=C(N)N)NC(=O)CNC(=O)[C@H](CO)NC(=O)[C@@H](N)C(C)C)ccc12. The highest BCUT2D eigenvalue weighted by Gasteiger charge is 2.26. The molecule has 0 spiro atoms. The lowest BCUT2D eigenvalue weighted by Gasteiger charge is -2.21. The maximum atomic E-state index is 13.1. The lowest BCUT2D eigenvalue weighted by atomic mass is 10.0. The molecule has 2 rings (SSSR count). The van der Waals surface area contributed by atoms with Gasteiger partial charge in [0, 0.05) is 29.8 Å². The summed E-state index contributed by atoms with van der Waals surface area (Å²) in [6.45, 7) is 4.16. The molecule has 224 valence electrons. The van der Waals surface area contributed by atoms with Crippen molar-refractivity contribution in [2.45, 2.75) is 51.7 Å². The zero-order valence-corrected chi connectivity index (χ0v) is 23.2. The van der Waals surface area contributed by atoms with Crippen LogP contribution in [0.4, 0.5) is 5.69 Å². The fourth-order valence-electron chi connectivity index (χ4n) is 3.71. The summed E-state index contributed by atoms with van der Waals surface area (Å²) in [5.74, 6) is -3.04. The van der Waals surface area contributed by atoms with E-state index in [4.69, 9.17) is 21.6 Å². The monoisotopic (exact) mass is 574 g/mol. The van der Waals surface area contributed by atoms with Gasteiger partial charge in [0.2, 0.25) is 23.6 Å². The van der Waals surface area contributed by atoms with Gasteiger partial charge in [-0.05, 0) is 43.4 Å². The van der Waals surface area contributed by atoms with E-state index in [0.717, 1.165) is 0 Å². The molecule has 4 amide bonds. The van der Waals surface area contributed by atoms with Crippen LogP contribution in [0.2, 0.25) is 0 Å². The smallest absolute Gasteiger partial charge is 0.336 e. The van der Waals surface area contributed by atoms with Gasteiger partial charge in [0.25, 0.3) is 0 Å². The van der Waals surface area contributed by atoms with Gasteiger partial charge in [-0.1, -0.05) is 13.8 Å². The van der Waals surface area contributed by atoms with Crippen LogP contribution in [0.5, 0.6) is 0 Å². The van der Waals surface area contributed by atoms with Crippen LogP contribution in [0.1, 0.15) is 32.3 Å². The molecular weight excluding hydrogens is 536 g/mol. The van der Waals surface area contributed by atoms with Crippen molar-refractivity contribution in [3.05, 3.63) is 40.2 Å². The number of nitrogens with zero attached hydrogens (tertiary/aromatic N) is 1. The van der Waals surface area contributed by atoms with Gasteiger partial charge in [0.15, 0.2) is 5.96 Å². The highest BCUT2D eigenvalue weighted by atomic mass is 16.4. The first-order chi connectivity index (χ1) is 19.3. The molecule has 15 nitrogen and oxygen atoms in total. The van der Waals surface area contributed by atoms with Crippen molar-refractivity contribution in [3.63, 3.8) is 0 Å². The molecule has 0 saturated heterocycles. The maximum absolute atomic E-state index is 13.1. The van der Waals surface area contributed by atoms with Crippen LogP contribution < -0.4 is 44.1 Å². The van der Waals surface area contributed by atoms with E-state index in [1.54, 1.807) is 32.9 Å². The Morgan fingerprint density at radius 1 is 1.02 bits per heavy atom. The zero-order valence-electron chi connectivity index (χ0n) is 23.2. The lowest BCUT2D eigenvalue weighted by Crippen LogP contribution is -2.55. The Kier molecular flexibility index (Phi) is 12.2. The van der Waals surface area contributed by atoms with Gasteiger partial charge in [-0.25, -0.2) is 4.79 Å². The van der Waals surface area contributed by atoms with E-state index < -0.39 is 60.5 Å². The van der Waals surface area contributed by atoms with Crippen LogP contribution in [0.15, 0.2) is 38.5 Å². The number of anilines is 1. The van der Waals surface area contributed by atoms with Crippen molar-refractivity contribution in [1.29, 1.82) is 0 Å². The highest BCUT2D eigenvalue weighted by Crippen LogP contribution is 2.21. The molecule has 2 aromatic rings. The number of amides is 4. The Balaban J connectivity index is 2.07. The average Bonchev–Trinajstić information content (AvgIpc) is 2.90. The Labute approximate surface area is 236 Å².